The quantitative estimate of drug-likeness (QED) is 0.763. The van der Waals surface area contributed by atoms with Crippen LogP contribution in [-0.2, 0) is 6.54 Å². The number of carbonyl (C=O) groups is 1. The number of benzene rings is 1. The highest BCUT2D eigenvalue weighted by molar-refractivity contribution is 6.04. The lowest BCUT2D eigenvalue weighted by atomic mass is 10.1. The average Bonchev–Trinajstić information content (AvgIpc) is 2.85. The molecule has 0 aliphatic heterocycles. The summed E-state index contributed by atoms with van der Waals surface area (Å²) in [5, 5.41) is 2.86. The third kappa shape index (κ3) is 2.38. The van der Waals surface area contributed by atoms with Gasteiger partial charge >= 0.3 is 0 Å². The highest BCUT2D eigenvalue weighted by Crippen LogP contribution is 2.16. The smallest absolute Gasteiger partial charge is 0.253 e. The van der Waals surface area contributed by atoms with Gasteiger partial charge in [-0.3, -0.25) is 9.78 Å². The Morgan fingerprint density at radius 2 is 2.15 bits per heavy atom. The Bertz CT molecular complexity index is 749. The predicted octanol–water partition coefficient (Wildman–Crippen LogP) is 2.20. The van der Waals surface area contributed by atoms with Crippen molar-refractivity contribution in [1.29, 1.82) is 0 Å². The second-order valence-electron chi connectivity index (χ2n) is 4.53. The topological polar surface area (TPSA) is 70.7 Å². The summed E-state index contributed by atoms with van der Waals surface area (Å²) in [5.41, 5.74) is 2.96. The van der Waals surface area contributed by atoms with Crippen LogP contribution in [0.15, 0.2) is 42.6 Å². The molecule has 1 amide bonds. The van der Waals surface area contributed by atoms with Gasteiger partial charge in [-0.2, -0.15) is 0 Å². The van der Waals surface area contributed by atoms with Crippen LogP contribution in [0.4, 0.5) is 0 Å². The summed E-state index contributed by atoms with van der Waals surface area (Å²) in [5.74, 6) is 0.651. The maximum Gasteiger partial charge on any atom is 0.253 e. The standard InChI is InChI=1S/C15H14N4O/c1-10-18-13-7-4-6-12(14(13)19-10)15(20)17-9-11-5-2-3-8-16-11/h2-8H,9H2,1H3,(H,17,20)(H,18,19). The van der Waals surface area contributed by atoms with Gasteiger partial charge in [-0.15, -0.1) is 0 Å². The first kappa shape index (κ1) is 12.3. The third-order valence-electron chi connectivity index (χ3n) is 3.03. The van der Waals surface area contributed by atoms with Crippen LogP contribution in [0, 0.1) is 6.92 Å². The van der Waals surface area contributed by atoms with Crippen LogP contribution in [0.2, 0.25) is 0 Å². The van der Waals surface area contributed by atoms with Gasteiger partial charge in [0.25, 0.3) is 5.91 Å². The minimum atomic E-state index is -0.146. The Balaban J connectivity index is 1.82. The molecule has 0 bridgehead atoms. The molecule has 0 saturated carbocycles. The first-order valence-electron chi connectivity index (χ1n) is 6.37. The van der Waals surface area contributed by atoms with E-state index in [0.717, 1.165) is 17.0 Å². The summed E-state index contributed by atoms with van der Waals surface area (Å²) < 4.78 is 0. The summed E-state index contributed by atoms with van der Waals surface area (Å²) in [6.07, 6.45) is 1.71. The number of aryl methyl sites for hydroxylation is 1. The molecule has 2 heterocycles. The molecule has 2 aromatic heterocycles. The van der Waals surface area contributed by atoms with E-state index in [1.54, 1.807) is 12.3 Å². The fourth-order valence-corrected chi connectivity index (χ4v) is 2.11. The molecule has 0 aliphatic carbocycles. The molecule has 5 heteroatoms. The molecule has 0 spiro atoms. The van der Waals surface area contributed by atoms with Crippen LogP contribution in [0.5, 0.6) is 0 Å². The molecular formula is C15H14N4O. The third-order valence-corrected chi connectivity index (χ3v) is 3.03. The van der Waals surface area contributed by atoms with Crippen molar-refractivity contribution >= 4 is 16.9 Å². The number of nitrogens with zero attached hydrogens (tertiary/aromatic N) is 2. The minimum Gasteiger partial charge on any atom is -0.346 e. The van der Waals surface area contributed by atoms with Gasteiger partial charge in [0.05, 0.1) is 23.3 Å². The molecule has 100 valence electrons. The number of fused-ring (bicyclic) bond motifs is 1. The molecule has 5 nitrogen and oxygen atoms in total. The van der Waals surface area contributed by atoms with Gasteiger partial charge in [0.1, 0.15) is 11.3 Å². The molecule has 3 rings (SSSR count). The number of aromatic nitrogens is 3. The van der Waals surface area contributed by atoms with Crippen molar-refractivity contribution in [3.05, 3.63) is 59.7 Å². The molecule has 1 aromatic carbocycles. The molecule has 0 unspecified atom stereocenters. The van der Waals surface area contributed by atoms with Gasteiger partial charge < -0.3 is 10.3 Å². The lowest BCUT2D eigenvalue weighted by Gasteiger charge is -2.05. The zero-order valence-corrected chi connectivity index (χ0v) is 11.1. The summed E-state index contributed by atoms with van der Waals surface area (Å²) in [7, 11) is 0. The SMILES string of the molecule is Cc1nc2c(C(=O)NCc3ccccn3)cccc2[nH]1. The molecular weight excluding hydrogens is 252 g/mol. The van der Waals surface area contributed by atoms with Crippen LogP contribution in [0.25, 0.3) is 11.0 Å². The van der Waals surface area contributed by atoms with E-state index in [1.807, 2.05) is 37.3 Å². The summed E-state index contributed by atoms with van der Waals surface area (Å²) >= 11 is 0. The van der Waals surface area contributed by atoms with Crippen LogP contribution >= 0.6 is 0 Å². The number of nitrogens with one attached hydrogen (secondary N) is 2. The Morgan fingerprint density at radius 1 is 1.25 bits per heavy atom. The number of carbonyl (C=O) groups excluding carboxylic acids is 1. The lowest BCUT2D eigenvalue weighted by molar-refractivity contribution is 0.0952. The van der Waals surface area contributed by atoms with Crippen LogP contribution in [0.1, 0.15) is 21.9 Å². The second-order valence-corrected chi connectivity index (χ2v) is 4.53. The van der Waals surface area contributed by atoms with Gasteiger partial charge in [0.2, 0.25) is 0 Å². The van der Waals surface area contributed by atoms with E-state index in [4.69, 9.17) is 0 Å². The molecule has 20 heavy (non-hydrogen) atoms. The predicted molar refractivity (Wildman–Crippen MR) is 76.2 cm³/mol. The van der Waals surface area contributed by atoms with Gasteiger partial charge in [0.15, 0.2) is 0 Å². The van der Waals surface area contributed by atoms with Crippen molar-refractivity contribution in [2.45, 2.75) is 13.5 Å². The average molecular weight is 266 g/mol. The van der Waals surface area contributed by atoms with Gasteiger partial charge in [-0.05, 0) is 31.2 Å². The first-order valence-corrected chi connectivity index (χ1v) is 6.37. The summed E-state index contributed by atoms with van der Waals surface area (Å²) in [6.45, 7) is 2.27. The van der Waals surface area contributed by atoms with E-state index >= 15 is 0 Å². The van der Waals surface area contributed by atoms with Crippen molar-refractivity contribution in [2.75, 3.05) is 0 Å². The Labute approximate surface area is 116 Å². The Hall–Kier alpha value is -2.69. The number of imidazole rings is 1. The van der Waals surface area contributed by atoms with Gasteiger partial charge in [-0.1, -0.05) is 12.1 Å². The van der Waals surface area contributed by atoms with E-state index in [0.29, 0.717) is 17.6 Å². The van der Waals surface area contributed by atoms with Crippen LogP contribution in [0.3, 0.4) is 0 Å². The van der Waals surface area contributed by atoms with Gasteiger partial charge in [-0.25, -0.2) is 4.98 Å². The molecule has 0 fully saturated rings. The number of rotatable bonds is 3. The first-order chi connectivity index (χ1) is 9.74. The highest BCUT2D eigenvalue weighted by atomic mass is 16.1. The normalized spacial score (nSPS) is 10.7. The maximum absolute atomic E-state index is 12.2. The number of para-hydroxylation sites is 1. The molecule has 0 aliphatic rings. The molecule has 3 aromatic rings. The van der Waals surface area contributed by atoms with Crippen molar-refractivity contribution in [3.8, 4) is 0 Å². The number of H-pyrrole nitrogens is 1. The zero-order valence-electron chi connectivity index (χ0n) is 11.1. The van der Waals surface area contributed by atoms with Crippen molar-refractivity contribution in [1.82, 2.24) is 20.3 Å². The van der Waals surface area contributed by atoms with Crippen LogP contribution in [-0.4, -0.2) is 20.9 Å². The van der Waals surface area contributed by atoms with E-state index in [1.165, 1.54) is 0 Å². The number of hydrogen-bond acceptors (Lipinski definition) is 3. The summed E-state index contributed by atoms with van der Waals surface area (Å²) in [4.78, 5) is 23.9. The second kappa shape index (κ2) is 5.13. The fraction of sp³-hybridized carbons (Fsp3) is 0.133. The number of pyridine rings is 1. The van der Waals surface area contributed by atoms with E-state index in [2.05, 4.69) is 20.3 Å². The highest BCUT2D eigenvalue weighted by Gasteiger charge is 2.12. The zero-order chi connectivity index (χ0) is 13.9. The van der Waals surface area contributed by atoms with E-state index < -0.39 is 0 Å². The van der Waals surface area contributed by atoms with Crippen molar-refractivity contribution in [3.63, 3.8) is 0 Å². The molecule has 2 N–H and O–H groups in total. The lowest BCUT2D eigenvalue weighted by Crippen LogP contribution is -2.23. The number of aromatic amines is 1. The number of amides is 1. The molecule has 0 saturated heterocycles. The van der Waals surface area contributed by atoms with Crippen molar-refractivity contribution in [2.24, 2.45) is 0 Å². The maximum atomic E-state index is 12.2. The van der Waals surface area contributed by atoms with Gasteiger partial charge in [0, 0.05) is 6.20 Å². The van der Waals surface area contributed by atoms with E-state index in [9.17, 15) is 4.79 Å². The molecule has 0 atom stereocenters. The van der Waals surface area contributed by atoms with Crippen LogP contribution < -0.4 is 5.32 Å². The Kier molecular flexibility index (Phi) is 3.16. The monoisotopic (exact) mass is 266 g/mol. The minimum absolute atomic E-state index is 0.146. The summed E-state index contributed by atoms with van der Waals surface area (Å²) in [6, 6.07) is 11.1. The number of hydrogen-bond donors (Lipinski definition) is 2. The largest absolute Gasteiger partial charge is 0.346 e. The fourth-order valence-electron chi connectivity index (χ4n) is 2.11. The molecule has 0 radical (unpaired) electrons. The Morgan fingerprint density at radius 3 is 2.95 bits per heavy atom. The van der Waals surface area contributed by atoms with Crippen molar-refractivity contribution < 1.29 is 4.79 Å². The van der Waals surface area contributed by atoms with E-state index in [-0.39, 0.29) is 5.91 Å².